The molecule has 3 heteroatoms. The Morgan fingerprint density at radius 2 is 2.22 bits per heavy atom. The first kappa shape index (κ1) is 13.1. The van der Waals surface area contributed by atoms with Crippen molar-refractivity contribution in [2.75, 3.05) is 6.54 Å². The first-order valence-electron chi connectivity index (χ1n) is 6.70. The van der Waals surface area contributed by atoms with E-state index in [0.29, 0.717) is 6.04 Å². The lowest BCUT2D eigenvalue weighted by Gasteiger charge is -2.26. The van der Waals surface area contributed by atoms with Crippen molar-refractivity contribution < 1.29 is 4.79 Å². The van der Waals surface area contributed by atoms with Gasteiger partial charge >= 0.3 is 0 Å². The van der Waals surface area contributed by atoms with Crippen LogP contribution < -0.4 is 5.73 Å². The smallest absolute Gasteiger partial charge is 0.239 e. The number of carbonyl (C=O) groups is 1. The highest BCUT2D eigenvalue weighted by atomic mass is 16.2. The van der Waals surface area contributed by atoms with Gasteiger partial charge in [0.25, 0.3) is 0 Å². The third kappa shape index (κ3) is 2.72. The Labute approximate surface area is 109 Å². The second-order valence-electron chi connectivity index (χ2n) is 5.25. The molecule has 1 heterocycles. The lowest BCUT2D eigenvalue weighted by molar-refractivity contribution is -0.132. The van der Waals surface area contributed by atoms with E-state index in [1.165, 1.54) is 11.1 Å². The number of aryl methyl sites for hydroxylation is 1. The summed E-state index contributed by atoms with van der Waals surface area (Å²) in [6, 6.07) is 8.34. The minimum Gasteiger partial charge on any atom is -0.338 e. The lowest BCUT2D eigenvalue weighted by Crippen LogP contribution is -2.45. The summed E-state index contributed by atoms with van der Waals surface area (Å²) in [5, 5.41) is 0. The summed E-state index contributed by atoms with van der Waals surface area (Å²) in [4.78, 5) is 14.0. The summed E-state index contributed by atoms with van der Waals surface area (Å²) in [7, 11) is 0. The van der Waals surface area contributed by atoms with Gasteiger partial charge in [-0.05, 0) is 44.2 Å². The standard InChI is InChI=1S/C15H22N2O/c1-11-6-3-4-7-13(11)10-14-8-5-9-17(14)15(18)12(2)16/h3-4,6-7,12,14H,5,8-10,16H2,1-2H3/t12-,14?/m1/s1. The van der Waals surface area contributed by atoms with Gasteiger partial charge in [0.05, 0.1) is 6.04 Å². The first-order valence-corrected chi connectivity index (χ1v) is 6.70. The quantitative estimate of drug-likeness (QED) is 0.885. The molecule has 0 aromatic heterocycles. The van der Waals surface area contributed by atoms with Crippen LogP contribution in [-0.4, -0.2) is 29.4 Å². The average Bonchev–Trinajstić information content (AvgIpc) is 2.79. The van der Waals surface area contributed by atoms with E-state index in [-0.39, 0.29) is 11.9 Å². The molecule has 2 rings (SSSR count). The second kappa shape index (κ2) is 5.53. The van der Waals surface area contributed by atoms with Crippen LogP contribution in [-0.2, 0) is 11.2 Å². The molecule has 1 aliphatic heterocycles. The number of likely N-dealkylation sites (tertiary alicyclic amines) is 1. The summed E-state index contributed by atoms with van der Waals surface area (Å²) in [6.07, 6.45) is 3.13. The maximum atomic E-state index is 12.0. The van der Waals surface area contributed by atoms with E-state index in [1.54, 1.807) is 6.92 Å². The molecule has 0 bridgehead atoms. The van der Waals surface area contributed by atoms with Crippen molar-refractivity contribution in [3.05, 3.63) is 35.4 Å². The number of benzene rings is 1. The molecule has 1 unspecified atom stereocenters. The van der Waals surface area contributed by atoms with Crippen LogP contribution in [0.15, 0.2) is 24.3 Å². The van der Waals surface area contributed by atoms with Gasteiger partial charge in [-0.2, -0.15) is 0 Å². The molecule has 18 heavy (non-hydrogen) atoms. The number of amides is 1. The van der Waals surface area contributed by atoms with Crippen LogP contribution in [0.1, 0.15) is 30.9 Å². The van der Waals surface area contributed by atoms with E-state index >= 15 is 0 Å². The number of nitrogens with zero attached hydrogens (tertiary/aromatic N) is 1. The van der Waals surface area contributed by atoms with E-state index in [2.05, 4.69) is 31.2 Å². The number of nitrogens with two attached hydrogens (primary N) is 1. The molecule has 0 spiro atoms. The Hall–Kier alpha value is -1.35. The highest BCUT2D eigenvalue weighted by Gasteiger charge is 2.30. The fourth-order valence-electron chi connectivity index (χ4n) is 2.69. The Balaban J connectivity index is 2.09. The van der Waals surface area contributed by atoms with Gasteiger partial charge < -0.3 is 10.6 Å². The molecule has 1 fully saturated rings. The van der Waals surface area contributed by atoms with E-state index in [0.717, 1.165) is 25.8 Å². The molecule has 1 aliphatic rings. The summed E-state index contributed by atoms with van der Waals surface area (Å²) < 4.78 is 0. The molecule has 1 aromatic rings. The van der Waals surface area contributed by atoms with Gasteiger partial charge in [-0.25, -0.2) is 0 Å². The van der Waals surface area contributed by atoms with Crippen LogP contribution >= 0.6 is 0 Å². The van der Waals surface area contributed by atoms with Crippen LogP contribution in [0.4, 0.5) is 0 Å². The minimum absolute atomic E-state index is 0.0890. The largest absolute Gasteiger partial charge is 0.338 e. The van der Waals surface area contributed by atoms with E-state index in [9.17, 15) is 4.79 Å². The van der Waals surface area contributed by atoms with Crippen molar-refractivity contribution >= 4 is 5.91 Å². The third-order valence-electron chi connectivity index (χ3n) is 3.77. The van der Waals surface area contributed by atoms with Crippen LogP contribution in [0.25, 0.3) is 0 Å². The van der Waals surface area contributed by atoms with Gasteiger partial charge in [-0.3, -0.25) is 4.79 Å². The fourth-order valence-corrected chi connectivity index (χ4v) is 2.69. The van der Waals surface area contributed by atoms with Crippen molar-refractivity contribution in [1.82, 2.24) is 4.90 Å². The lowest BCUT2D eigenvalue weighted by atomic mass is 9.99. The average molecular weight is 246 g/mol. The van der Waals surface area contributed by atoms with E-state index in [1.807, 2.05) is 4.90 Å². The summed E-state index contributed by atoms with van der Waals surface area (Å²) in [6.45, 7) is 4.75. The van der Waals surface area contributed by atoms with Gasteiger partial charge in [0, 0.05) is 12.6 Å². The zero-order chi connectivity index (χ0) is 13.1. The van der Waals surface area contributed by atoms with Gasteiger partial charge in [-0.1, -0.05) is 24.3 Å². The number of hydrogen-bond donors (Lipinski definition) is 1. The minimum atomic E-state index is -0.387. The van der Waals surface area contributed by atoms with Crippen molar-refractivity contribution in [1.29, 1.82) is 0 Å². The highest BCUT2D eigenvalue weighted by molar-refractivity contribution is 5.81. The molecule has 1 saturated heterocycles. The monoisotopic (exact) mass is 246 g/mol. The van der Waals surface area contributed by atoms with Gasteiger partial charge in [0.1, 0.15) is 0 Å². The molecular formula is C15H22N2O. The predicted molar refractivity (Wildman–Crippen MR) is 73.3 cm³/mol. The Bertz CT molecular complexity index is 428. The molecule has 2 atom stereocenters. The number of rotatable bonds is 3. The highest BCUT2D eigenvalue weighted by Crippen LogP contribution is 2.23. The van der Waals surface area contributed by atoms with Crippen LogP contribution in [0, 0.1) is 6.92 Å². The maximum Gasteiger partial charge on any atom is 0.239 e. The normalized spacial score (nSPS) is 21.1. The maximum absolute atomic E-state index is 12.0. The molecular weight excluding hydrogens is 224 g/mol. The topological polar surface area (TPSA) is 46.3 Å². The number of carbonyl (C=O) groups excluding carboxylic acids is 1. The van der Waals surface area contributed by atoms with Gasteiger partial charge in [0.2, 0.25) is 5.91 Å². The summed E-state index contributed by atoms with van der Waals surface area (Å²) in [5.74, 6) is 0.0890. The zero-order valence-electron chi connectivity index (χ0n) is 11.2. The predicted octanol–water partition coefficient (Wildman–Crippen LogP) is 1.88. The summed E-state index contributed by atoms with van der Waals surface area (Å²) >= 11 is 0. The molecule has 0 saturated carbocycles. The van der Waals surface area contributed by atoms with Crippen molar-refractivity contribution in [3.8, 4) is 0 Å². The molecule has 98 valence electrons. The third-order valence-corrected chi connectivity index (χ3v) is 3.77. The molecule has 1 aromatic carbocycles. The van der Waals surface area contributed by atoms with E-state index < -0.39 is 0 Å². The van der Waals surface area contributed by atoms with Crippen molar-refractivity contribution in [2.45, 2.75) is 45.2 Å². The molecule has 2 N–H and O–H groups in total. The Morgan fingerprint density at radius 3 is 2.89 bits per heavy atom. The van der Waals surface area contributed by atoms with Crippen molar-refractivity contribution in [2.24, 2.45) is 5.73 Å². The molecule has 3 nitrogen and oxygen atoms in total. The summed E-state index contributed by atoms with van der Waals surface area (Å²) in [5.41, 5.74) is 8.35. The zero-order valence-corrected chi connectivity index (χ0v) is 11.2. The van der Waals surface area contributed by atoms with E-state index in [4.69, 9.17) is 5.73 Å². The Morgan fingerprint density at radius 1 is 1.50 bits per heavy atom. The first-order chi connectivity index (χ1) is 8.59. The van der Waals surface area contributed by atoms with Gasteiger partial charge in [0.15, 0.2) is 0 Å². The second-order valence-corrected chi connectivity index (χ2v) is 5.25. The molecule has 0 radical (unpaired) electrons. The SMILES string of the molecule is Cc1ccccc1CC1CCCN1C(=O)[C@@H](C)N. The number of hydrogen-bond acceptors (Lipinski definition) is 2. The fraction of sp³-hybridized carbons (Fsp3) is 0.533. The van der Waals surface area contributed by atoms with Crippen LogP contribution in [0.3, 0.4) is 0 Å². The molecule has 1 amide bonds. The molecule has 0 aliphatic carbocycles. The van der Waals surface area contributed by atoms with Crippen LogP contribution in [0.5, 0.6) is 0 Å². The Kier molecular flexibility index (Phi) is 4.02. The van der Waals surface area contributed by atoms with Crippen LogP contribution in [0.2, 0.25) is 0 Å². The van der Waals surface area contributed by atoms with Crippen molar-refractivity contribution in [3.63, 3.8) is 0 Å². The van der Waals surface area contributed by atoms with Gasteiger partial charge in [-0.15, -0.1) is 0 Å².